The van der Waals surface area contributed by atoms with E-state index in [0.29, 0.717) is 30.4 Å². The van der Waals surface area contributed by atoms with Gasteiger partial charge in [0.15, 0.2) is 5.69 Å². The highest BCUT2D eigenvalue weighted by molar-refractivity contribution is 6.31. The summed E-state index contributed by atoms with van der Waals surface area (Å²) in [6.45, 7) is 1.62. The third-order valence-electron chi connectivity index (χ3n) is 4.79. The van der Waals surface area contributed by atoms with Crippen LogP contribution in [0.25, 0.3) is 0 Å². The van der Waals surface area contributed by atoms with Gasteiger partial charge < -0.3 is 10.2 Å². The van der Waals surface area contributed by atoms with Gasteiger partial charge >= 0.3 is 0 Å². The second-order valence-corrected chi connectivity index (χ2v) is 7.17. The molecule has 0 spiro atoms. The lowest BCUT2D eigenvalue weighted by Crippen LogP contribution is -2.39. The third-order valence-corrected chi connectivity index (χ3v) is 5.15. The average molecular weight is 413 g/mol. The number of hydrogen-bond acceptors (Lipinski definition) is 3. The molecule has 0 radical (unpaired) electrons. The molecule has 2 amide bonds. The second-order valence-electron chi connectivity index (χ2n) is 6.77. The number of nitrogens with zero attached hydrogens (tertiary/aromatic N) is 3. The molecule has 1 aliphatic rings. The summed E-state index contributed by atoms with van der Waals surface area (Å²) >= 11 is 6.20. The van der Waals surface area contributed by atoms with Crippen LogP contribution in [0.4, 0.5) is 4.39 Å². The summed E-state index contributed by atoms with van der Waals surface area (Å²) in [6.07, 6.45) is 0. The van der Waals surface area contributed by atoms with Gasteiger partial charge in [0.1, 0.15) is 11.5 Å². The number of amides is 2. The summed E-state index contributed by atoms with van der Waals surface area (Å²) in [6, 6.07) is 14.8. The molecule has 1 aromatic heterocycles. The number of carbonyl (C=O) groups excluding carboxylic acids is 2. The van der Waals surface area contributed by atoms with Crippen molar-refractivity contribution in [2.45, 2.75) is 19.6 Å². The highest BCUT2D eigenvalue weighted by atomic mass is 35.5. The standard InChI is InChI=1S/C21H18ClFN4O2/c22-17-4-2-1-3-15(17)13-26-9-10-27-19(21(26)29)11-18(25-27)20(28)24-12-14-5-7-16(23)8-6-14/h1-8,11H,9-10,12-13H2,(H,24,28). The molecule has 29 heavy (non-hydrogen) atoms. The predicted molar refractivity (Wildman–Crippen MR) is 106 cm³/mol. The molecule has 0 fully saturated rings. The molecule has 6 nitrogen and oxygen atoms in total. The monoisotopic (exact) mass is 412 g/mol. The Hall–Kier alpha value is -3.19. The lowest BCUT2D eigenvalue weighted by Gasteiger charge is -2.27. The Morgan fingerprint density at radius 3 is 2.66 bits per heavy atom. The van der Waals surface area contributed by atoms with Gasteiger partial charge in [0.25, 0.3) is 11.8 Å². The number of rotatable bonds is 5. The number of halogens is 2. The number of nitrogens with one attached hydrogen (secondary N) is 1. The molecule has 148 valence electrons. The molecule has 1 N–H and O–H groups in total. The van der Waals surface area contributed by atoms with Gasteiger partial charge in [-0.1, -0.05) is 41.9 Å². The summed E-state index contributed by atoms with van der Waals surface area (Å²) in [5.74, 6) is -0.912. The van der Waals surface area contributed by atoms with Gasteiger partial charge in [-0.25, -0.2) is 4.39 Å². The Kier molecular flexibility index (Phi) is 5.31. The molecule has 1 aliphatic heterocycles. The Balaban J connectivity index is 1.44. The smallest absolute Gasteiger partial charge is 0.272 e. The van der Waals surface area contributed by atoms with E-state index in [1.54, 1.807) is 27.8 Å². The fourth-order valence-electron chi connectivity index (χ4n) is 3.21. The zero-order chi connectivity index (χ0) is 20.4. The van der Waals surface area contributed by atoms with Crippen molar-refractivity contribution in [2.24, 2.45) is 0 Å². The molecular formula is C21H18ClFN4O2. The van der Waals surface area contributed by atoms with E-state index in [-0.39, 0.29) is 29.9 Å². The van der Waals surface area contributed by atoms with Crippen molar-refractivity contribution >= 4 is 23.4 Å². The molecule has 0 aliphatic carbocycles. The summed E-state index contributed by atoms with van der Waals surface area (Å²) in [4.78, 5) is 27.0. The first-order valence-corrected chi connectivity index (χ1v) is 9.52. The van der Waals surface area contributed by atoms with Gasteiger partial charge in [-0.15, -0.1) is 0 Å². The topological polar surface area (TPSA) is 67.2 Å². The van der Waals surface area contributed by atoms with Crippen molar-refractivity contribution in [1.29, 1.82) is 0 Å². The summed E-state index contributed by atoms with van der Waals surface area (Å²) in [5, 5.41) is 7.61. The maximum atomic E-state index is 13.0. The Morgan fingerprint density at radius 2 is 1.90 bits per heavy atom. The molecule has 3 aromatic rings. The van der Waals surface area contributed by atoms with Crippen LogP contribution in [0.3, 0.4) is 0 Å². The van der Waals surface area contributed by atoms with Crippen molar-refractivity contribution in [3.63, 3.8) is 0 Å². The van der Waals surface area contributed by atoms with Crippen molar-refractivity contribution < 1.29 is 14.0 Å². The minimum atomic E-state index is -0.387. The molecule has 2 heterocycles. The van der Waals surface area contributed by atoms with Crippen LogP contribution in [-0.4, -0.2) is 33.0 Å². The molecular weight excluding hydrogens is 395 g/mol. The van der Waals surface area contributed by atoms with E-state index in [1.807, 2.05) is 18.2 Å². The molecule has 0 saturated carbocycles. The minimum Gasteiger partial charge on any atom is -0.347 e. The number of benzene rings is 2. The maximum absolute atomic E-state index is 13.0. The molecule has 2 aromatic carbocycles. The maximum Gasteiger partial charge on any atom is 0.272 e. The highest BCUT2D eigenvalue weighted by Crippen LogP contribution is 2.21. The van der Waals surface area contributed by atoms with E-state index >= 15 is 0 Å². The first-order valence-electron chi connectivity index (χ1n) is 9.14. The van der Waals surface area contributed by atoms with Gasteiger partial charge in [0, 0.05) is 30.7 Å². The fraction of sp³-hybridized carbons (Fsp3) is 0.190. The van der Waals surface area contributed by atoms with Crippen LogP contribution in [0.5, 0.6) is 0 Å². The fourth-order valence-corrected chi connectivity index (χ4v) is 3.40. The summed E-state index contributed by atoms with van der Waals surface area (Å²) in [5.41, 5.74) is 2.18. The molecule has 0 bridgehead atoms. The lowest BCUT2D eigenvalue weighted by molar-refractivity contribution is 0.0683. The largest absolute Gasteiger partial charge is 0.347 e. The Labute approximate surface area is 171 Å². The first-order chi connectivity index (χ1) is 14.0. The van der Waals surface area contributed by atoms with Crippen molar-refractivity contribution in [3.05, 3.63) is 88.0 Å². The van der Waals surface area contributed by atoms with Crippen molar-refractivity contribution in [1.82, 2.24) is 20.0 Å². The molecule has 4 rings (SSSR count). The van der Waals surface area contributed by atoms with Gasteiger partial charge in [-0.3, -0.25) is 14.3 Å². The van der Waals surface area contributed by atoms with E-state index in [9.17, 15) is 14.0 Å². The SMILES string of the molecule is O=C(NCc1ccc(F)cc1)c1cc2n(n1)CCN(Cc1ccccc1Cl)C2=O. The van der Waals surface area contributed by atoms with Crippen molar-refractivity contribution in [3.8, 4) is 0 Å². The Morgan fingerprint density at radius 1 is 1.14 bits per heavy atom. The van der Waals surface area contributed by atoms with E-state index in [1.165, 1.54) is 18.2 Å². The Bertz CT molecular complexity index is 1060. The quantitative estimate of drug-likeness (QED) is 0.699. The van der Waals surface area contributed by atoms with Crippen LogP contribution in [0, 0.1) is 5.82 Å². The van der Waals surface area contributed by atoms with Crippen LogP contribution in [-0.2, 0) is 19.6 Å². The molecule has 0 saturated heterocycles. The second kappa shape index (κ2) is 8.05. The minimum absolute atomic E-state index is 0.176. The van der Waals surface area contributed by atoms with Gasteiger partial charge in [0.2, 0.25) is 0 Å². The summed E-state index contributed by atoms with van der Waals surface area (Å²) < 4.78 is 14.5. The number of carbonyl (C=O) groups is 2. The summed E-state index contributed by atoms with van der Waals surface area (Å²) in [7, 11) is 0. The van der Waals surface area contributed by atoms with E-state index in [0.717, 1.165) is 11.1 Å². The number of aromatic nitrogens is 2. The van der Waals surface area contributed by atoms with E-state index in [2.05, 4.69) is 10.4 Å². The van der Waals surface area contributed by atoms with Crippen LogP contribution in [0.15, 0.2) is 54.6 Å². The predicted octanol–water partition coefficient (Wildman–Crippen LogP) is 3.26. The van der Waals surface area contributed by atoms with Crippen molar-refractivity contribution in [2.75, 3.05) is 6.54 Å². The zero-order valence-electron chi connectivity index (χ0n) is 15.4. The lowest BCUT2D eigenvalue weighted by atomic mass is 10.2. The van der Waals surface area contributed by atoms with Crippen LogP contribution < -0.4 is 5.32 Å². The first kappa shape index (κ1) is 19.1. The van der Waals surface area contributed by atoms with Gasteiger partial charge in [-0.2, -0.15) is 5.10 Å². The molecule has 0 atom stereocenters. The zero-order valence-corrected chi connectivity index (χ0v) is 16.2. The molecule has 8 heteroatoms. The van der Waals surface area contributed by atoms with Crippen LogP contribution >= 0.6 is 11.6 Å². The van der Waals surface area contributed by atoms with Gasteiger partial charge in [0.05, 0.1) is 6.54 Å². The average Bonchev–Trinajstić information content (AvgIpc) is 3.16. The van der Waals surface area contributed by atoms with Gasteiger partial charge in [-0.05, 0) is 29.3 Å². The normalized spacial score (nSPS) is 13.3. The van der Waals surface area contributed by atoms with Crippen LogP contribution in [0.2, 0.25) is 5.02 Å². The van der Waals surface area contributed by atoms with E-state index in [4.69, 9.17) is 11.6 Å². The highest BCUT2D eigenvalue weighted by Gasteiger charge is 2.28. The number of fused-ring (bicyclic) bond motifs is 1. The molecule has 0 unspecified atom stereocenters. The van der Waals surface area contributed by atoms with E-state index < -0.39 is 0 Å². The third kappa shape index (κ3) is 4.14. The number of hydrogen-bond donors (Lipinski definition) is 1. The van der Waals surface area contributed by atoms with Crippen LogP contribution in [0.1, 0.15) is 32.1 Å².